The van der Waals surface area contributed by atoms with E-state index in [1.165, 1.54) is 0 Å². The summed E-state index contributed by atoms with van der Waals surface area (Å²) in [6.45, 7) is 4.84. The molecule has 1 aliphatic heterocycles. The van der Waals surface area contributed by atoms with Crippen LogP contribution in [0, 0.1) is 0 Å². The molecule has 1 amide bonds. The highest BCUT2D eigenvalue weighted by Gasteiger charge is 2.19. The van der Waals surface area contributed by atoms with Gasteiger partial charge in [-0.25, -0.2) is 0 Å². The Morgan fingerprint density at radius 2 is 2.29 bits per heavy atom. The SMILES string of the molecule is CCNC(=O)c1ccc(N2CCn3cnnc3C2)c(N)c1. The lowest BCUT2D eigenvalue weighted by Gasteiger charge is -2.30. The number of hydrogen-bond acceptors (Lipinski definition) is 5. The Morgan fingerprint density at radius 3 is 3.05 bits per heavy atom. The fourth-order valence-electron chi connectivity index (χ4n) is 2.52. The van der Waals surface area contributed by atoms with Gasteiger partial charge in [0, 0.05) is 25.2 Å². The normalized spacial score (nSPS) is 13.9. The Hall–Kier alpha value is -2.57. The van der Waals surface area contributed by atoms with Gasteiger partial charge in [-0.3, -0.25) is 4.79 Å². The summed E-state index contributed by atoms with van der Waals surface area (Å²) in [6, 6.07) is 5.42. The third-order valence-electron chi connectivity index (χ3n) is 3.61. The molecular formula is C14H18N6O. The summed E-state index contributed by atoms with van der Waals surface area (Å²) in [5.41, 5.74) is 8.23. The van der Waals surface area contributed by atoms with Crippen LogP contribution in [0.5, 0.6) is 0 Å². The second-order valence-electron chi connectivity index (χ2n) is 5.00. The van der Waals surface area contributed by atoms with Gasteiger partial charge in [0.2, 0.25) is 0 Å². The van der Waals surface area contributed by atoms with Gasteiger partial charge in [-0.05, 0) is 25.1 Å². The van der Waals surface area contributed by atoms with Gasteiger partial charge in [0.25, 0.3) is 5.91 Å². The Balaban J connectivity index is 1.82. The molecule has 0 spiro atoms. The first-order chi connectivity index (χ1) is 10.2. The van der Waals surface area contributed by atoms with Crippen molar-refractivity contribution in [1.82, 2.24) is 20.1 Å². The number of nitrogens with two attached hydrogens (primary N) is 1. The van der Waals surface area contributed by atoms with Crippen molar-refractivity contribution < 1.29 is 4.79 Å². The van der Waals surface area contributed by atoms with E-state index in [0.717, 1.165) is 24.6 Å². The lowest BCUT2D eigenvalue weighted by atomic mass is 10.1. The number of benzene rings is 1. The first-order valence-electron chi connectivity index (χ1n) is 6.98. The summed E-state index contributed by atoms with van der Waals surface area (Å²) in [7, 11) is 0. The third-order valence-corrected chi connectivity index (χ3v) is 3.61. The topological polar surface area (TPSA) is 89.1 Å². The van der Waals surface area contributed by atoms with Crippen LogP contribution in [0.3, 0.4) is 0 Å². The molecule has 0 atom stereocenters. The molecule has 3 N–H and O–H groups in total. The highest BCUT2D eigenvalue weighted by atomic mass is 16.1. The van der Waals surface area contributed by atoms with Crippen LogP contribution in [0.4, 0.5) is 11.4 Å². The maximum absolute atomic E-state index is 11.8. The average molecular weight is 286 g/mol. The number of nitrogens with zero attached hydrogens (tertiary/aromatic N) is 4. The van der Waals surface area contributed by atoms with Crippen LogP contribution in [-0.4, -0.2) is 33.8 Å². The van der Waals surface area contributed by atoms with Gasteiger partial charge in [-0.15, -0.1) is 10.2 Å². The number of nitrogen functional groups attached to an aromatic ring is 1. The molecule has 0 aliphatic carbocycles. The van der Waals surface area contributed by atoms with Gasteiger partial charge in [0.15, 0.2) is 5.82 Å². The van der Waals surface area contributed by atoms with Crippen LogP contribution < -0.4 is 16.0 Å². The molecule has 0 saturated carbocycles. The molecule has 2 heterocycles. The lowest BCUT2D eigenvalue weighted by Crippen LogP contribution is -2.34. The number of anilines is 2. The van der Waals surface area contributed by atoms with Crippen molar-refractivity contribution in [2.75, 3.05) is 23.7 Å². The molecule has 7 heteroatoms. The second-order valence-corrected chi connectivity index (χ2v) is 5.00. The van der Waals surface area contributed by atoms with E-state index in [1.807, 2.05) is 17.6 Å². The van der Waals surface area contributed by atoms with Crippen LogP contribution in [0.1, 0.15) is 23.1 Å². The summed E-state index contributed by atoms with van der Waals surface area (Å²) in [5.74, 6) is 0.822. The summed E-state index contributed by atoms with van der Waals surface area (Å²) in [6.07, 6.45) is 1.74. The minimum atomic E-state index is -0.103. The van der Waals surface area contributed by atoms with E-state index in [9.17, 15) is 4.79 Å². The van der Waals surface area contributed by atoms with Crippen molar-refractivity contribution in [3.63, 3.8) is 0 Å². The number of carbonyl (C=O) groups is 1. The number of rotatable bonds is 3. The number of amides is 1. The minimum absolute atomic E-state index is 0.103. The van der Waals surface area contributed by atoms with E-state index in [2.05, 4.69) is 20.4 Å². The van der Waals surface area contributed by atoms with E-state index >= 15 is 0 Å². The molecule has 0 fully saturated rings. The molecule has 21 heavy (non-hydrogen) atoms. The van der Waals surface area contributed by atoms with Crippen LogP contribution in [0.15, 0.2) is 24.5 Å². The standard InChI is InChI=1S/C14H18N6O/c1-2-16-14(21)10-3-4-12(11(15)7-10)19-5-6-20-9-17-18-13(20)8-19/h3-4,7,9H,2,5-6,8,15H2,1H3,(H,16,21). The van der Waals surface area contributed by atoms with Gasteiger partial charge in [-0.2, -0.15) is 0 Å². The summed E-state index contributed by atoms with van der Waals surface area (Å²) < 4.78 is 2.04. The maximum atomic E-state index is 11.8. The molecule has 1 aliphatic rings. The highest BCUT2D eigenvalue weighted by Crippen LogP contribution is 2.27. The fourth-order valence-corrected chi connectivity index (χ4v) is 2.52. The lowest BCUT2D eigenvalue weighted by molar-refractivity contribution is 0.0956. The Bertz CT molecular complexity index is 665. The Kier molecular flexibility index (Phi) is 3.47. The smallest absolute Gasteiger partial charge is 0.251 e. The van der Waals surface area contributed by atoms with Crippen molar-refractivity contribution in [3.05, 3.63) is 35.9 Å². The molecule has 1 aromatic carbocycles. The number of hydrogen-bond donors (Lipinski definition) is 2. The fraction of sp³-hybridized carbons (Fsp3) is 0.357. The van der Waals surface area contributed by atoms with Crippen LogP contribution in [0.2, 0.25) is 0 Å². The summed E-state index contributed by atoms with van der Waals surface area (Å²) >= 11 is 0. The number of aromatic nitrogens is 3. The van der Waals surface area contributed by atoms with Crippen LogP contribution in [0.25, 0.3) is 0 Å². The second kappa shape index (κ2) is 5.43. The van der Waals surface area contributed by atoms with Crippen molar-refractivity contribution in [2.24, 2.45) is 0 Å². The van der Waals surface area contributed by atoms with Crippen LogP contribution in [-0.2, 0) is 13.1 Å². The van der Waals surface area contributed by atoms with Gasteiger partial charge < -0.3 is 20.5 Å². The molecule has 110 valence electrons. The molecule has 1 aromatic heterocycles. The zero-order chi connectivity index (χ0) is 14.8. The molecule has 2 aromatic rings. The van der Waals surface area contributed by atoms with Gasteiger partial charge in [-0.1, -0.05) is 0 Å². The molecule has 7 nitrogen and oxygen atoms in total. The first-order valence-corrected chi connectivity index (χ1v) is 6.98. The van der Waals surface area contributed by atoms with Crippen molar-refractivity contribution >= 4 is 17.3 Å². The highest BCUT2D eigenvalue weighted by molar-refractivity contribution is 5.96. The van der Waals surface area contributed by atoms with Crippen molar-refractivity contribution in [1.29, 1.82) is 0 Å². The van der Waals surface area contributed by atoms with E-state index in [4.69, 9.17) is 5.73 Å². The molecule has 0 bridgehead atoms. The third kappa shape index (κ3) is 2.54. The van der Waals surface area contributed by atoms with Gasteiger partial charge >= 0.3 is 0 Å². The molecular weight excluding hydrogens is 268 g/mol. The minimum Gasteiger partial charge on any atom is -0.397 e. The predicted octanol–water partition coefficient (Wildman–Crippen LogP) is 0.630. The summed E-state index contributed by atoms with van der Waals surface area (Å²) in [5, 5.41) is 10.8. The maximum Gasteiger partial charge on any atom is 0.251 e. The van der Waals surface area contributed by atoms with Crippen molar-refractivity contribution in [2.45, 2.75) is 20.0 Å². The van der Waals surface area contributed by atoms with E-state index in [-0.39, 0.29) is 5.91 Å². The first kappa shape index (κ1) is 13.4. The molecule has 0 unspecified atom stereocenters. The van der Waals surface area contributed by atoms with E-state index < -0.39 is 0 Å². The number of nitrogens with one attached hydrogen (secondary N) is 1. The van der Waals surface area contributed by atoms with Gasteiger partial charge in [0.05, 0.1) is 17.9 Å². The largest absolute Gasteiger partial charge is 0.397 e. The quantitative estimate of drug-likeness (QED) is 0.808. The van der Waals surface area contributed by atoms with Crippen molar-refractivity contribution in [3.8, 4) is 0 Å². The van der Waals surface area contributed by atoms with E-state index in [0.29, 0.717) is 24.3 Å². The van der Waals surface area contributed by atoms with Crippen LogP contribution >= 0.6 is 0 Å². The van der Waals surface area contributed by atoms with Gasteiger partial charge in [0.1, 0.15) is 6.33 Å². The predicted molar refractivity (Wildman–Crippen MR) is 79.9 cm³/mol. The molecule has 3 rings (SSSR count). The monoisotopic (exact) mass is 286 g/mol. The Labute approximate surface area is 122 Å². The molecule has 0 saturated heterocycles. The number of carbonyl (C=O) groups excluding carboxylic acids is 1. The zero-order valence-electron chi connectivity index (χ0n) is 11.9. The van der Waals surface area contributed by atoms with E-state index in [1.54, 1.807) is 18.5 Å². The average Bonchev–Trinajstić information content (AvgIpc) is 2.94. The number of fused-ring (bicyclic) bond motifs is 1. The zero-order valence-corrected chi connectivity index (χ0v) is 11.9. The molecule has 0 radical (unpaired) electrons. The Morgan fingerprint density at radius 1 is 1.43 bits per heavy atom. The summed E-state index contributed by atoms with van der Waals surface area (Å²) in [4.78, 5) is 14.0.